The predicted molar refractivity (Wildman–Crippen MR) is 69.2 cm³/mol. The van der Waals surface area contributed by atoms with Crippen molar-refractivity contribution in [2.75, 3.05) is 26.2 Å². The van der Waals surface area contributed by atoms with Gasteiger partial charge in [-0.15, -0.1) is 0 Å². The summed E-state index contributed by atoms with van der Waals surface area (Å²) in [6.07, 6.45) is 5.92. The average Bonchev–Trinajstić information content (AvgIpc) is 2.74. The van der Waals surface area contributed by atoms with Crippen LogP contribution < -0.4 is 0 Å². The zero-order valence-electron chi connectivity index (χ0n) is 11.3. The van der Waals surface area contributed by atoms with Gasteiger partial charge >= 0.3 is 0 Å². The van der Waals surface area contributed by atoms with Crippen LogP contribution in [0.15, 0.2) is 0 Å². The minimum absolute atomic E-state index is 0.438. The van der Waals surface area contributed by atoms with Crippen LogP contribution in [-0.2, 0) is 4.74 Å². The molecule has 3 aliphatic heterocycles. The minimum Gasteiger partial charge on any atom is -0.377 e. The number of piperidine rings is 1. The number of rotatable bonds is 1. The molecule has 3 saturated heterocycles. The molecule has 0 saturated carbocycles. The van der Waals surface area contributed by atoms with Gasteiger partial charge in [-0.2, -0.15) is 0 Å². The summed E-state index contributed by atoms with van der Waals surface area (Å²) in [6, 6.07) is 2.21. The van der Waals surface area contributed by atoms with Crippen molar-refractivity contribution in [3.05, 3.63) is 0 Å². The molecule has 0 amide bonds. The van der Waals surface area contributed by atoms with E-state index < -0.39 is 0 Å². The van der Waals surface area contributed by atoms with Crippen LogP contribution in [0.3, 0.4) is 0 Å². The summed E-state index contributed by atoms with van der Waals surface area (Å²) in [5, 5.41) is 0. The first-order valence-electron chi connectivity index (χ1n) is 7.37. The third-order valence-electron chi connectivity index (χ3n) is 5.00. The topological polar surface area (TPSA) is 15.7 Å². The average molecular weight is 238 g/mol. The Morgan fingerprint density at radius 2 is 1.94 bits per heavy atom. The van der Waals surface area contributed by atoms with E-state index in [0.29, 0.717) is 18.2 Å². The Labute approximate surface area is 105 Å². The van der Waals surface area contributed by atoms with E-state index >= 15 is 0 Å². The van der Waals surface area contributed by atoms with E-state index in [9.17, 15) is 0 Å². The molecule has 0 aromatic heterocycles. The van der Waals surface area contributed by atoms with E-state index in [0.717, 1.165) is 12.6 Å². The smallest absolute Gasteiger partial charge is 0.0703 e. The molecule has 0 N–H and O–H groups in total. The van der Waals surface area contributed by atoms with Gasteiger partial charge in [-0.3, -0.25) is 9.80 Å². The summed E-state index contributed by atoms with van der Waals surface area (Å²) in [5.41, 5.74) is 0. The first-order valence-corrected chi connectivity index (χ1v) is 7.37. The third kappa shape index (κ3) is 2.25. The maximum absolute atomic E-state index is 5.75. The highest BCUT2D eigenvalue weighted by Gasteiger charge is 2.39. The summed E-state index contributed by atoms with van der Waals surface area (Å²) < 4.78 is 5.75. The molecule has 17 heavy (non-hydrogen) atoms. The van der Waals surface area contributed by atoms with Gasteiger partial charge in [-0.25, -0.2) is 0 Å². The summed E-state index contributed by atoms with van der Waals surface area (Å²) in [7, 11) is 0. The third-order valence-corrected chi connectivity index (χ3v) is 5.00. The predicted octanol–water partition coefficient (Wildman–Crippen LogP) is 1.72. The van der Waals surface area contributed by atoms with Crippen LogP contribution >= 0.6 is 0 Å². The second-order valence-electron chi connectivity index (χ2n) is 6.12. The minimum atomic E-state index is 0.438. The molecule has 3 fully saturated rings. The van der Waals surface area contributed by atoms with Crippen LogP contribution in [0.2, 0.25) is 0 Å². The molecule has 3 aliphatic rings. The molecule has 0 aromatic carbocycles. The lowest BCUT2D eigenvalue weighted by Crippen LogP contribution is -2.62. The van der Waals surface area contributed by atoms with Crippen LogP contribution in [0, 0.1) is 0 Å². The Bertz CT molecular complexity index is 271. The molecule has 4 atom stereocenters. The van der Waals surface area contributed by atoms with E-state index in [2.05, 4.69) is 23.6 Å². The van der Waals surface area contributed by atoms with Gasteiger partial charge in [0.2, 0.25) is 0 Å². The molecule has 3 rings (SSSR count). The summed E-state index contributed by atoms with van der Waals surface area (Å²) in [5.74, 6) is 0. The Morgan fingerprint density at radius 3 is 2.71 bits per heavy atom. The normalized spacial score (nSPS) is 44.8. The first kappa shape index (κ1) is 11.9. The van der Waals surface area contributed by atoms with Gasteiger partial charge in [0.15, 0.2) is 0 Å². The van der Waals surface area contributed by atoms with Gasteiger partial charge < -0.3 is 4.74 Å². The van der Waals surface area contributed by atoms with Crippen molar-refractivity contribution in [1.82, 2.24) is 9.80 Å². The van der Waals surface area contributed by atoms with Crippen LogP contribution in [0.1, 0.15) is 39.5 Å². The Kier molecular flexibility index (Phi) is 3.42. The quantitative estimate of drug-likeness (QED) is 0.692. The molecule has 0 aromatic rings. The van der Waals surface area contributed by atoms with Gasteiger partial charge in [0.1, 0.15) is 0 Å². The van der Waals surface area contributed by atoms with E-state index in [1.165, 1.54) is 45.3 Å². The number of ether oxygens (including phenoxy) is 1. The molecule has 4 unspecified atom stereocenters. The van der Waals surface area contributed by atoms with Crippen molar-refractivity contribution in [3.63, 3.8) is 0 Å². The Balaban J connectivity index is 1.68. The largest absolute Gasteiger partial charge is 0.377 e. The number of fused-ring (bicyclic) bond motifs is 1. The fourth-order valence-corrected chi connectivity index (χ4v) is 3.99. The second kappa shape index (κ2) is 4.87. The standard InChI is InChI=1S/C14H26N2O/c1-11-9-15-7-4-3-5-13(15)10-16(11)14-6-8-17-12(14)2/h11-14H,3-10H2,1-2H3. The van der Waals surface area contributed by atoms with Crippen molar-refractivity contribution < 1.29 is 4.74 Å². The van der Waals surface area contributed by atoms with Crippen LogP contribution in [0.4, 0.5) is 0 Å². The highest BCUT2D eigenvalue weighted by Crippen LogP contribution is 2.29. The van der Waals surface area contributed by atoms with Crippen molar-refractivity contribution in [3.8, 4) is 0 Å². The highest BCUT2D eigenvalue weighted by molar-refractivity contribution is 4.94. The molecular weight excluding hydrogens is 212 g/mol. The van der Waals surface area contributed by atoms with E-state index in [-0.39, 0.29) is 0 Å². The molecular formula is C14H26N2O. The highest BCUT2D eigenvalue weighted by atomic mass is 16.5. The monoisotopic (exact) mass is 238 g/mol. The van der Waals surface area contributed by atoms with Gasteiger partial charge in [0.25, 0.3) is 0 Å². The van der Waals surface area contributed by atoms with Crippen LogP contribution in [0.25, 0.3) is 0 Å². The second-order valence-corrected chi connectivity index (χ2v) is 6.12. The fraction of sp³-hybridized carbons (Fsp3) is 1.00. The molecule has 0 aliphatic carbocycles. The lowest BCUT2D eigenvalue weighted by molar-refractivity contribution is -0.0246. The van der Waals surface area contributed by atoms with E-state index in [1.807, 2.05) is 0 Å². The van der Waals surface area contributed by atoms with Gasteiger partial charge in [0, 0.05) is 37.8 Å². The van der Waals surface area contributed by atoms with Gasteiger partial charge in [-0.1, -0.05) is 6.42 Å². The van der Waals surface area contributed by atoms with Gasteiger partial charge in [0.05, 0.1) is 6.10 Å². The van der Waals surface area contributed by atoms with Crippen LogP contribution in [0.5, 0.6) is 0 Å². The maximum atomic E-state index is 5.75. The zero-order valence-corrected chi connectivity index (χ0v) is 11.3. The fourth-order valence-electron chi connectivity index (χ4n) is 3.99. The maximum Gasteiger partial charge on any atom is 0.0703 e. The Morgan fingerprint density at radius 1 is 1.06 bits per heavy atom. The van der Waals surface area contributed by atoms with E-state index in [1.54, 1.807) is 0 Å². The zero-order chi connectivity index (χ0) is 11.8. The molecule has 3 heteroatoms. The van der Waals surface area contributed by atoms with Crippen LogP contribution in [-0.4, -0.2) is 60.3 Å². The molecule has 3 heterocycles. The lowest BCUT2D eigenvalue weighted by Gasteiger charge is -2.50. The molecule has 3 nitrogen and oxygen atoms in total. The summed E-state index contributed by atoms with van der Waals surface area (Å²) in [4.78, 5) is 5.47. The molecule has 0 spiro atoms. The number of piperazine rings is 1. The summed E-state index contributed by atoms with van der Waals surface area (Å²) >= 11 is 0. The number of hydrogen-bond acceptors (Lipinski definition) is 3. The molecule has 98 valence electrons. The molecule has 0 bridgehead atoms. The van der Waals surface area contributed by atoms with Crippen molar-refractivity contribution >= 4 is 0 Å². The number of nitrogens with zero attached hydrogens (tertiary/aromatic N) is 2. The molecule has 0 radical (unpaired) electrons. The Hall–Kier alpha value is -0.120. The van der Waals surface area contributed by atoms with Crippen molar-refractivity contribution in [1.29, 1.82) is 0 Å². The SMILES string of the molecule is CC1OCCC1N1CC2CCCCN2CC1C. The first-order chi connectivity index (χ1) is 8.25. The summed E-state index contributed by atoms with van der Waals surface area (Å²) in [6.45, 7) is 9.49. The van der Waals surface area contributed by atoms with Gasteiger partial charge in [-0.05, 0) is 39.7 Å². The van der Waals surface area contributed by atoms with E-state index in [4.69, 9.17) is 4.74 Å². The van der Waals surface area contributed by atoms with Crippen molar-refractivity contribution in [2.45, 2.75) is 63.8 Å². The van der Waals surface area contributed by atoms with Crippen molar-refractivity contribution in [2.24, 2.45) is 0 Å². The lowest BCUT2D eigenvalue weighted by atomic mass is 9.95. The number of hydrogen-bond donors (Lipinski definition) is 0.